The summed E-state index contributed by atoms with van der Waals surface area (Å²) in [5.41, 5.74) is 0.726. The highest BCUT2D eigenvalue weighted by atomic mass is 79.9. The van der Waals surface area contributed by atoms with Crippen LogP contribution < -0.4 is 5.32 Å². The fourth-order valence-corrected chi connectivity index (χ4v) is 2.32. The van der Waals surface area contributed by atoms with E-state index in [1.165, 1.54) is 0 Å². The molecule has 0 saturated carbocycles. The van der Waals surface area contributed by atoms with Crippen LogP contribution in [0.3, 0.4) is 0 Å². The Morgan fingerprint density at radius 3 is 2.55 bits per heavy atom. The molecular weight excluding hydrogens is 350 g/mol. The van der Waals surface area contributed by atoms with Gasteiger partial charge in [-0.05, 0) is 29.8 Å². The van der Waals surface area contributed by atoms with Gasteiger partial charge in [-0.3, -0.25) is 14.7 Å². The lowest BCUT2D eigenvalue weighted by Gasteiger charge is -2.19. The number of rotatable bonds is 5. The van der Waals surface area contributed by atoms with Gasteiger partial charge in [-0.25, -0.2) is 0 Å². The van der Waals surface area contributed by atoms with E-state index in [2.05, 4.69) is 31.4 Å². The highest BCUT2D eigenvalue weighted by Crippen LogP contribution is 2.28. The van der Waals surface area contributed by atoms with Crippen molar-refractivity contribution in [2.45, 2.75) is 13.8 Å². The van der Waals surface area contributed by atoms with E-state index in [1.807, 2.05) is 30.3 Å². The van der Waals surface area contributed by atoms with E-state index < -0.39 is 17.3 Å². The molecule has 0 aliphatic rings. The summed E-state index contributed by atoms with van der Waals surface area (Å²) in [5, 5.41) is 18.5. The van der Waals surface area contributed by atoms with Gasteiger partial charge >= 0.3 is 5.97 Å². The van der Waals surface area contributed by atoms with E-state index in [0.717, 1.165) is 5.56 Å². The second-order valence-electron chi connectivity index (χ2n) is 5.50. The van der Waals surface area contributed by atoms with Gasteiger partial charge in [0.15, 0.2) is 0 Å². The minimum atomic E-state index is -1.04. The van der Waals surface area contributed by atoms with E-state index >= 15 is 0 Å². The van der Waals surface area contributed by atoms with Gasteiger partial charge in [-0.1, -0.05) is 30.3 Å². The molecule has 1 heterocycles. The standard InChI is InChI=1S/C15H16BrN3O3/c1-15(2,14(21)22)8-17-13(20)12-10(16)11(18-19-12)9-6-4-3-5-7-9/h3-7H,8H2,1-2H3,(H,17,20)(H,18,19)(H,21,22). The molecule has 0 radical (unpaired) electrons. The molecule has 1 amide bonds. The largest absolute Gasteiger partial charge is 0.481 e. The van der Waals surface area contributed by atoms with E-state index in [9.17, 15) is 9.59 Å². The molecule has 116 valence electrons. The lowest BCUT2D eigenvalue weighted by atomic mass is 9.94. The molecule has 0 saturated heterocycles. The molecular formula is C15H16BrN3O3. The Labute approximate surface area is 136 Å². The molecule has 7 heteroatoms. The van der Waals surface area contributed by atoms with E-state index in [-0.39, 0.29) is 12.2 Å². The third kappa shape index (κ3) is 3.36. The third-order valence-corrected chi connectivity index (χ3v) is 4.02. The number of aromatic amines is 1. The number of aliphatic carboxylic acids is 1. The molecule has 0 aliphatic heterocycles. The van der Waals surface area contributed by atoms with Crippen molar-refractivity contribution in [1.29, 1.82) is 0 Å². The van der Waals surface area contributed by atoms with Crippen molar-refractivity contribution in [3.63, 3.8) is 0 Å². The number of hydrogen-bond donors (Lipinski definition) is 3. The Kier molecular flexibility index (Phi) is 4.65. The number of carboxylic acid groups (broad SMARTS) is 1. The summed E-state index contributed by atoms with van der Waals surface area (Å²) >= 11 is 3.37. The number of H-pyrrole nitrogens is 1. The van der Waals surface area contributed by atoms with Crippen molar-refractivity contribution in [3.05, 3.63) is 40.5 Å². The Hall–Kier alpha value is -2.15. The van der Waals surface area contributed by atoms with Gasteiger partial charge in [-0.15, -0.1) is 0 Å². The molecule has 2 aromatic rings. The van der Waals surface area contributed by atoms with Crippen LogP contribution in [0.4, 0.5) is 0 Å². The van der Waals surface area contributed by atoms with Gasteiger partial charge in [0, 0.05) is 12.1 Å². The summed E-state index contributed by atoms with van der Waals surface area (Å²) in [5.74, 6) is -1.38. The van der Waals surface area contributed by atoms with Gasteiger partial charge in [0.1, 0.15) is 11.4 Å². The predicted molar refractivity (Wildman–Crippen MR) is 85.5 cm³/mol. The summed E-state index contributed by atoms with van der Waals surface area (Å²) in [6.07, 6.45) is 0. The van der Waals surface area contributed by atoms with Gasteiger partial charge in [-0.2, -0.15) is 5.10 Å². The van der Waals surface area contributed by atoms with Crippen LogP contribution in [0.1, 0.15) is 24.3 Å². The predicted octanol–water partition coefficient (Wildman–Crippen LogP) is 2.68. The smallest absolute Gasteiger partial charge is 0.310 e. The summed E-state index contributed by atoms with van der Waals surface area (Å²) in [6, 6.07) is 9.43. The zero-order chi connectivity index (χ0) is 16.3. The van der Waals surface area contributed by atoms with Crippen molar-refractivity contribution in [1.82, 2.24) is 15.5 Å². The number of aromatic nitrogens is 2. The zero-order valence-electron chi connectivity index (χ0n) is 12.2. The highest BCUT2D eigenvalue weighted by molar-refractivity contribution is 9.10. The number of halogens is 1. The summed E-state index contributed by atoms with van der Waals surface area (Å²) in [4.78, 5) is 23.2. The number of benzene rings is 1. The molecule has 0 unspecified atom stereocenters. The number of carbonyl (C=O) groups excluding carboxylic acids is 1. The lowest BCUT2D eigenvalue weighted by Crippen LogP contribution is -2.39. The van der Waals surface area contributed by atoms with Crippen molar-refractivity contribution < 1.29 is 14.7 Å². The van der Waals surface area contributed by atoms with Crippen LogP contribution in [0.25, 0.3) is 11.3 Å². The Morgan fingerprint density at radius 2 is 1.95 bits per heavy atom. The summed E-state index contributed by atoms with van der Waals surface area (Å²) in [6.45, 7) is 3.12. The van der Waals surface area contributed by atoms with Crippen LogP contribution in [0.15, 0.2) is 34.8 Å². The number of nitrogens with zero attached hydrogens (tertiary/aromatic N) is 1. The number of hydrogen-bond acceptors (Lipinski definition) is 3. The van der Waals surface area contributed by atoms with Crippen LogP contribution in [0, 0.1) is 5.41 Å². The average Bonchev–Trinajstić information content (AvgIpc) is 2.87. The fourth-order valence-electron chi connectivity index (χ4n) is 1.73. The molecule has 22 heavy (non-hydrogen) atoms. The fraction of sp³-hybridized carbons (Fsp3) is 0.267. The molecule has 1 aromatic heterocycles. The Bertz CT molecular complexity index is 695. The maximum atomic E-state index is 12.2. The molecule has 6 nitrogen and oxygen atoms in total. The quantitative estimate of drug-likeness (QED) is 0.758. The Balaban J connectivity index is 2.16. The number of amides is 1. The molecule has 0 aliphatic carbocycles. The first kappa shape index (κ1) is 16.2. The van der Waals surface area contributed by atoms with E-state index in [1.54, 1.807) is 13.8 Å². The van der Waals surface area contributed by atoms with E-state index in [0.29, 0.717) is 10.2 Å². The van der Waals surface area contributed by atoms with Crippen molar-refractivity contribution in [3.8, 4) is 11.3 Å². The highest BCUT2D eigenvalue weighted by Gasteiger charge is 2.28. The maximum absolute atomic E-state index is 12.2. The maximum Gasteiger partial charge on any atom is 0.310 e. The van der Waals surface area contributed by atoms with Crippen LogP contribution in [-0.4, -0.2) is 33.7 Å². The average molecular weight is 366 g/mol. The molecule has 1 aromatic carbocycles. The molecule has 0 bridgehead atoms. The van der Waals surface area contributed by atoms with Crippen LogP contribution in [-0.2, 0) is 4.79 Å². The third-order valence-electron chi connectivity index (χ3n) is 3.25. The van der Waals surface area contributed by atoms with Gasteiger partial charge in [0.2, 0.25) is 0 Å². The molecule has 0 spiro atoms. The van der Waals surface area contributed by atoms with Gasteiger partial charge in [0.05, 0.1) is 9.89 Å². The monoisotopic (exact) mass is 365 g/mol. The molecule has 2 rings (SSSR count). The lowest BCUT2D eigenvalue weighted by molar-refractivity contribution is -0.146. The normalized spacial score (nSPS) is 11.2. The summed E-state index contributed by atoms with van der Waals surface area (Å²) < 4.78 is 0.546. The number of carbonyl (C=O) groups is 2. The van der Waals surface area contributed by atoms with Gasteiger partial charge in [0.25, 0.3) is 5.91 Å². The van der Waals surface area contributed by atoms with Crippen LogP contribution >= 0.6 is 15.9 Å². The minimum absolute atomic E-state index is 0.0211. The second kappa shape index (κ2) is 6.31. The first-order valence-electron chi connectivity index (χ1n) is 6.64. The topological polar surface area (TPSA) is 95.1 Å². The van der Waals surface area contributed by atoms with Gasteiger partial charge < -0.3 is 10.4 Å². The van der Waals surface area contributed by atoms with Crippen molar-refractivity contribution in [2.75, 3.05) is 6.54 Å². The first-order chi connectivity index (χ1) is 10.3. The number of carboxylic acids is 1. The van der Waals surface area contributed by atoms with E-state index in [4.69, 9.17) is 5.11 Å². The number of nitrogens with one attached hydrogen (secondary N) is 2. The molecule has 0 atom stereocenters. The van der Waals surface area contributed by atoms with Crippen LogP contribution in [0.2, 0.25) is 0 Å². The Morgan fingerprint density at radius 1 is 1.32 bits per heavy atom. The molecule has 3 N–H and O–H groups in total. The zero-order valence-corrected chi connectivity index (χ0v) is 13.8. The van der Waals surface area contributed by atoms with Crippen molar-refractivity contribution in [2.24, 2.45) is 5.41 Å². The molecule has 0 fully saturated rings. The summed E-state index contributed by atoms with van der Waals surface area (Å²) in [7, 11) is 0. The SMILES string of the molecule is CC(C)(CNC(=O)c1[nH]nc(-c2ccccc2)c1Br)C(=O)O. The van der Waals surface area contributed by atoms with Crippen LogP contribution in [0.5, 0.6) is 0 Å². The second-order valence-corrected chi connectivity index (χ2v) is 6.29. The van der Waals surface area contributed by atoms with Crippen molar-refractivity contribution >= 4 is 27.8 Å². The first-order valence-corrected chi connectivity index (χ1v) is 7.43. The minimum Gasteiger partial charge on any atom is -0.481 e.